The van der Waals surface area contributed by atoms with E-state index in [1.54, 1.807) is 0 Å². The van der Waals surface area contributed by atoms with Crippen LogP contribution in [0, 0.1) is 5.92 Å². The van der Waals surface area contributed by atoms with Crippen molar-refractivity contribution in [3.63, 3.8) is 0 Å². The molecular weight excluding hydrogens is 230 g/mol. The van der Waals surface area contributed by atoms with Crippen LogP contribution < -0.4 is 5.32 Å². The molecule has 2 atom stereocenters. The minimum atomic E-state index is 0.271. The van der Waals surface area contributed by atoms with E-state index in [2.05, 4.69) is 34.7 Å². The van der Waals surface area contributed by atoms with Gasteiger partial charge in [-0.05, 0) is 43.0 Å². The Morgan fingerprint density at radius 2 is 2.17 bits per heavy atom. The number of aliphatic hydroxyl groups is 1. The molecule has 0 amide bonds. The maximum Gasteiger partial charge on any atom is 0.165 e. The molecule has 1 aliphatic carbocycles. The molecule has 1 saturated carbocycles. The Morgan fingerprint density at radius 3 is 2.89 bits per heavy atom. The largest absolute Gasteiger partial charge is 0.396 e. The Hall–Kier alpha value is -1.01. The number of hydrogen-bond donors (Lipinski definition) is 2. The highest BCUT2D eigenvalue weighted by molar-refractivity contribution is 4.86. The second-order valence-electron chi connectivity index (χ2n) is 5.35. The van der Waals surface area contributed by atoms with E-state index in [1.165, 1.54) is 12.8 Å². The monoisotopic (exact) mass is 253 g/mol. The second kappa shape index (κ2) is 6.24. The van der Waals surface area contributed by atoms with Gasteiger partial charge in [0.25, 0.3) is 0 Å². The van der Waals surface area contributed by atoms with Gasteiger partial charge in [0.05, 0.1) is 12.6 Å². The summed E-state index contributed by atoms with van der Waals surface area (Å²) in [5, 5.41) is 24.6. The van der Waals surface area contributed by atoms with Gasteiger partial charge in [-0.2, -0.15) is 0 Å². The molecule has 0 aliphatic heterocycles. The molecule has 1 heterocycles. The highest BCUT2D eigenvalue weighted by Crippen LogP contribution is 2.24. The molecule has 0 aromatic carbocycles. The Labute approximate surface area is 108 Å². The van der Waals surface area contributed by atoms with Gasteiger partial charge in [-0.3, -0.25) is 0 Å². The lowest BCUT2D eigenvalue weighted by molar-refractivity contribution is 0.151. The summed E-state index contributed by atoms with van der Waals surface area (Å²) in [6, 6.07) is 0.665. The van der Waals surface area contributed by atoms with E-state index in [0.29, 0.717) is 18.5 Å². The van der Waals surface area contributed by atoms with Crippen molar-refractivity contribution < 1.29 is 5.11 Å². The molecule has 2 rings (SSSR count). The third-order valence-electron chi connectivity index (χ3n) is 3.72. The topological polar surface area (TPSA) is 75.9 Å². The van der Waals surface area contributed by atoms with Crippen molar-refractivity contribution >= 4 is 0 Å². The molecule has 0 radical (unpaired) electrons. The average molecular weight is 253 g/mol. The summed E-state index contributed by atoms with van der Waals surface area (Å²) in [5.41, 5.74) is 0. The van der Waals surface area contributed by atoms with Gasteiger partial charge in [0.2, 0.25) is 0 Å². The first kappa shape index (κ1) is 13.4. The molecular formula is C12H23N5O. The number of nitrogens with zero attached hydrogens (tertiary/aromatic N) is 4. The second-order valence-corrected chi connectivity index (χ2v) is 5.35. The van der Waals surface area contributed by atoms with Gasteiger partial charge in [-0.1, -0.05) is 12.8 Å². The van der Waals surface area contributed by atoms with Crippen molar-refractivity contribution in [2.24, 2.45) is 5.92 Å². The van der Waals surface area contributed by atoms with Crippen LogP contribution in [0.5, 0.6) is 0 Å². The van der Waals surface area contributed by atoms with Crippen molar-refractivity contribution in [1.82, 2.24) is 25.5 Å². The van der Waals surface area contributed by atoms with Crippen LogP contribution in [0.25, 0.3) is 0 Å². The maximum absolute atomic E-state index is 9.38. The Morgan fingerprint density at radius 1 is 1.39 bits per heavy atom. The van der Waals surface area contributed by atoms with Gasteiger partial charge in [-0.15, -0.1) is 5.10 Å². The summed E-state index contributed by atoms with van der Waals surface area (Å²) in [6.07, 6.45) is 4.72. The fourth-order valence-corrected chi connectivity index (χ4v) is 2.65. The van der Waals surface area contributed by atoms with E-state index < -0.39 is 0 Å². The molecule has 2 N–H and O–H groups in total. The lowest BCUT2D eigenvalue weighted by atomic mass is 9.85. The van der Waals surface area contributed by atoms with Crippen molar-refractivity contribution in [2.75, 3.05) is 6.61 Å². The highest BCUT2D eigenvalue weighted by Gasteiger charge is 2.24. The fraction of sp³-hybridized carbons (Fsp3) is 0.917. The third kappa shape index (κ3) is 3.05. The first-order valence-electron chi connectivity index (χ1n) is 6.83. The van der Waals surface area contributed by atoms with E-state index in [-0.39, 0.29) is 12.6 Å². The zero-order valence-electron chi connectivity index (χ0n) is 11.2. The molecule has 1 aromatic heterocycles. The molecule has 18 heavy (non-hydrogen) atoms. The number of aliphatic hydroxyl groups excluding tert-OH is 1. The molecule has 102 valence electrons. The maximum atomic E-state index is 9.38. The molecule has 6 heteroatoms. The Balaban J connectivity index is 1.91. The van der Waals surface area contributed by atoms with Crippen molar-refractivity contribution in [1.29, 1.82) is 0 Å². The van der Waals surface area contributed by atoms with Crippen LogP contribution in [0.2, 0.25) is 0 Å². The van der Waals surface area contributed by atoms with Gasteiger partial charge in [0.1, 0.15) is 0 Å². The Kier molecular flexibility index (Phi) is 4.66. The smallest absolute Gasteiger partial charge is 0.165 e. The predicted molar refractivity (Wildman–Crippen MR) is 67.9 cm³/mol. The van der Waals surface area contributed by atoms with E-state index in [4.69, 9.17) is 0 Å². The van der Waals surface area contributed by atoms with Crippen LogP contribution in [0.3, 0.4) is 0 Å². The SMILES string of the molecule is CC(C)n1nnnc1CN[C@H]1CCCC[C@@H]1CO. The summed E-state index contributed by atoms with van der Waals surface area (Å²) < 4.78 is 1.84. The molecule has 1 aromatic rings. The predicted octanol–water partition coefficient (Wildman–Crippen LogP) is 0.895. The summed E-state index contributed by atoms with van der Waals surface area (Å²) in [5.74, 6) is 1.24. The van der Waals surface area contributed by atoms with Crippen LogP contribution >= 0.6 is 0 Å². The molecule has 0 unspecified atom stereocenters. The number of aromatic nitrogens is 4. The minimum Gasteiger partial charge on any atom is -0.396 e. The fourth-order valence-electron chi connectivity index (χ4n) is 2.65. The molecule has 6 nitrogen and oxygen atoms in total. The zero-order valence-corrected chi connectivity index (χ0v) is 11.2. The van der Waals surface area contributed by atoms with Gasteiger partial charge < -0.3 is 10.4 Å². The lowest BCUT2D eigenvalue weighted by Gasteiger charge is -2.30. The normalized spacial score (nSPS) is 24.7. The van der Waals surface area contributed by atoms with Crippen LogP contribution in [0.1, 0.15) is 51.4 Å². The first-order valence-corrected chi connectivity index (χ1v) is 6.83. The first-order chi connectivity index (χ1) is 8.72. The zero-order chi connectivity index (χ0) is 13.0. The molecule has 1 fully saturated rings. The van der Waals surface area contributed by atoms with Gasteiger partial charge in [0.15, 0.2) is 5.82 Å². The van der Waals surface area contributed by atoms with Crippen LogP contribution in [0.4, 0.5) is 0 Å². The van der Waals surface area contributed by atoms with Crippen molar-refractivity contribution in [2.45, 2.75) is 58.2 Å². The van der Waals surface area contributed by atoms with Gasteiger partial charge in [0, 0.05) is 12.6 Å². The van der Waals surface area contributed by atoms with E-state index in [9.17, 15) is 5.11 Å². The number of hydrogen-bond acceptors (Lipinski definition) is 5. The van der Waals surface area contributed by atoms with Crippen LogP contribution in [-0.4, -0.2) is 38.0 Å². The summed E-state index contributed by atoms with van der Waals surface area (Å²) >= 11 is 0. The van der Waals surface area contributed by atoms with Crippen LogP contribution in [-0.2, 0) is 6.54 Å². The highest BCUT2D eigenvalue weighted by atomic mass is 16.3. The van der Waals surface area contributed by atoms with Gasteiger partial charge in [-0.25, -0.2) is 4.68 Å². The molecule has 0 bridgehead atoms. The van der Waals surface area contributed by atoms with E-state index in [0.717, 1.165) is 18.7 Å². The van der Waals surface area contributed by atoms with E-state index >= 15 is 0 Å². The molecule has 0 saturated heterocycles. The standard InChI is InChI=1S/C12H23N5O/c1-9(2)17-12(14-15-16-17)7-13-11-6-4-3-5-10(11)8-18/h9-11,13,18H,3-8H2,1-2H3/t10-,11+/m1/s1. The van der Waals surface area contributed by atoms with Gasteiger partial charge >= 0.3 is 0 Å². The quantitative estimate of drug-likeness (QED) is 0.815. The minimum absolute atomic E-state index is 0.271. The van der Waals surface area contributed by atoms with E-state index in [1.807, 2.05) is 4.68 Å². The third-order valence-corrected chi connectivity index (χ3v) is 3.72. The average Bonchev–Trinajstić information content (AvgIpc) is 2.85. The Bertz CT molecular complexity index is 365. The molecule has 1 aliphatic rings. The van der Waals surface area contributed by atoms with Crippen LogP contribution in [0.15, 0.2) is 0 Å². The van der Waals surface area contributed by atoms with Crippen molar-refractivity contribution in [3.05, 3.63) is 5.82 Å². The summed E-state index contributed by atoms with van der Waals surface area (Å²) in [7, 11) is 0. The lowest BCUT2D eigenvalue weighted by Crippen LogP contribution is -2.40. The number of nitrogens with one attached hydrogen (secondary N) is 1. The number of tetrazole rings is 1. The summed E-state index contributed by atoms with van der Waals surface area (Å²) in [4.78, 5) is 0. The van der Waals surface area contributed by atoms with Crippen molar-refractivity contribution in [3.8, 4) is 0 Å². The summed E-state index contributed by atoms with van der Waals surface area (Å²) in [6.45, 7) is 5.08. The molecule has 0 spiro atoms. The number of rotatable bonds is 5.